The fourth-order valence-corrected chi connectivity index (χ4v) is 2.93. The maximum Gasteiger partial charge on any atom is 0.261 e. The summed E-state index contributed by atoms with van der Waals surface area (Å²) in [7, 11) is -3.67. The molecule has 1 aromatic carbocycles. The van der Waals surface area contributed by atoms with Crippen LogP contribution in [0.4, 0.5) is 11.6 Å². The summed E-state index contributed by atoms with van der Waals surface area (Å²) in [6.07, 6.45) is 2.70. The van der Waals surface area contributed by atoms with E-state index in [1.165, 1.54) is 0 Å². The van der Waals surface area contributed by atoms with Crippen LogP contribution in [0.15, 0.2) is 53.2 Å². The second-order valence-corrected chi connectivity index (χ2v) is 9.22. The summed E-state index contributed by atoms with van der Waals surface area (Å²) in [5, 5.41) is 6.70. The second kappa shape index (κ2) is 9.47. The van der Waals surface area contributed by atoms with Crippen LogP contribution < -0.4 is 11.1 Å². The molecule has 0 atom stereocenters. The van der Waals surface area contributed by atoms with Crippen molar-refractivity contribution in [2.45, 2.75) is 18.8 Å². The van der Waals surface area contributed by atoms with Crippen molar-refractivity contribution in [1.29, 1.82) is 0 Å². The molecule has 1 fully saturated rings. The Labute approximate surface area is 185 Å². The van der Waals surface area contributed by atoms with Crippen molar-refractivity contribution < 1.29 is 27.0 Å². The largest absolute Gasteiger partial charge is 0.384 e. The molecule has 32 heavy (non-hydrogen) atoms. The highest BCUT2D eigenvalue weighted by Crippen LogP contribution is 2.32. The molecule has 3 heterocycles. The van der Waals surface area contributed by atoms with Crippen LogP contribution in [0, 0.1) is 0 Å². The Bertz CT molecular complexity index is 1160. The van der Waals surface area contributed by atoms with Crippen molar-refractivity contribution in [3.05, 3.63) is 60.0 Å². The number of hydrogen-bond donors (Lipinski definition) is 3. The molecule has 1 aliphatic heterocycles. The third kappa shape index (κ3) is 6.61. The normalized spacial score (nSPS) is 14.6. The van der Waals surface area contributed by atoms with Gasteiger partial charge in [-0.25, -0.2) is 4.98 Å². The van der Waals surface area contributed by atoms with E-state index in [2.05, 4.69) is 15.5 Å². The molecule has 2 aromatic heterocycles. The molecule has 0 spiro atoms. The smallest absolute Gasteiger partial charge is 0.261 e. The van der Waals surface area contributed by atoms with Crippen molar-refractivity contribution in [2.24, 2.45) is 0 Å². The van der Waals surface area contributed by atoms with Crippen molar-refractivity contribution >= 4 is 27.7 Å². The second-order valence-electron chi connectivity index (χ2n) is 7.76. The summed E-state index contributed by atoms with van der Waals surface area (Å²) >= 11 is 0. The molecular weight excluding hydrogens is 436 g/mol. The molecule has 170 valence electrons. The zero-order chi connectivity index (χ0) is 23.4. The molecule has 11 heteroatoms. The van der Waals surface area contributed by atoms with Gasteiger partial charge in [0.15, 0.2) is 5.82 Å². The number of nitrogens with zero attached hydrogens (tertiary/aromatic N) is 2. The number of anilines is 2. The van der Waals surface area contributed by atoms with Crippen LogP contribution >= 0.6 is 0 Å². The number of carbonyl (C=O) groups is 1. The first kappa shape index (κ1) is 23.4. The molecule has 4 N–H and O–H groups in total. The molecule has 0 saturated carbocycles. The van der Waals surface area contributed by atoms with E-state index in [0.29, 0.717) is 31.1 Å². The van der Waals surface area contributed by atoms with E-state index in [9.17, 15) is 13.2 Å². The van der Waals surface area contributed by atoms with E-state index in [4.69, 9.17) is 19.5 Å². The van der Waals surface area contributed by atoms with Gasteiger partial charge in [-0.3, -0.25) is 9.35 Å². The zero-order valence-electron chi connectivity index (χ0n) is 17.6. The number of amides is 1. The molecule has 1 amide bonds. The maximum atomic E-state index is 12.3. The highest BCUT2D eigenvalue weighted by atomic mass is 32.2. The first-order chi connectivity index (χ1) is 15.0. The van der Waals surface area contributed by atoms with Crippen LogP contribution in [0.3, 0.4) is 0 Å². The van der Waals surface area contributed by atoms with Gasteiger partial charge in [0.1, 0.15) is 11.6 Å². The molecular formula is C21H24N4O6S. The molecule has 0 aliphatic carbocycles. The Hall–Kier alpha value is -3.28. The third-order valence-electron chi connectivity index (χ3n) is 4.65. The Kier molecular flexibility index (Phi) is 6.92. The number of pyridine rings is 1. The van der Waals surface area contributed by atoms with Crippen LogP contribution in [0.2, 0.25) is 0 Å². The SMILES string of the molecule is CC1(c2cc(NC(=O)Cc3ccc(-c4ccc(N)nc4)cc3)no2)COC1.CS(=O)(=O)O. The fraction of sp³-hybridized carbons (Fsp3) is 0.286. The van der Waals surface area contributed by atoms with Gasteiger partial charge in [0.2, 0.25) is 5.91 Å². The van der Waals surface area contributed by atoms with Gasteiger partial charge in [-0.1, -0.05) is 29.4 Å². The van der Waals surface area contributed by atoms with Crippen LogP contribution in [0.1, 0.15) is 18.2 Å². The third-order valence-corrected chi connectivity index (χ3v) is 4.65. The standard InChI is InChI=1S/C20H20N4O3.CH4O3S/c1-20(11-26-12-20)16-9-18(24-27-16)23-19(25)8-13-2-4-14(5-3-13)15-6-7-17(21)22-10-15;1-5(2,3)4/h2-7,9-10H,8,11-12H2,1H3,(H2,21,22)(H,23,24,25);1H3,(H,2,3,4). The number of ether oxygens (including phenoxy) is 1. The molecule has 0 unspecified atom stereocenters. The predicted octanol–water partition coefficient (Wildman–Crippen LogP) is 2.29. The lowest BCUT2D eigenvalue weighted by molar-refractivity contribution is -0.115. The van der Waals surface area contributed by atoms with E-state index in [0.717, 1.165) is 22.5 Å². The Balaban J connectivity index is 0.000000523. The van der Waals surface area contributed by atoms with Gasteiger partial charge < -0.3 is 20.3 Å². The van der Waals surface area contributed by atoms with Crippen LogP contribution in [-0.4, -0.2) is 48.5 Å². The molecule has 0 bridgehead atoms. The first-order valence-electron chi connectivity index (χ1n) is 9.60. The van der Waals surface area contributed by atoms with Gasteiger partial charge >= 0.3 is 0 Å². The number of benzene rings is 1. The number of hydrogen-bond acceptors (Lipinski definition) is 8. The summed E-state index contributed by atoms with van der Waals surface area (Å²) in [5.74, 6) is 1.49. The van der Waals surface area contributed by atoms with Crippen molar-refractivity contribution in [3.63, 3.8) is 0 Å². The number of rotatable bonds is 5. The lowest BCUT2D eigenvalue weighted by Crippen LogP contribution is -2.43. The lowest BCUT2D eigenvalue weighted by atomic mass is 9.86. The van der Waals surface area contributed by atoms with Crippen LogP contribution in [0.25, 0.3) is 11.1 Å². The topological polar surface area (TPSA) is 158 Å². The summed E-state index contributed by atoms with van der Waals surface area (Å²) < 4.78 is 36.4. The van der Waals surface area contributed by atoms with Gasteiger partial charge in [0.25, 0.3) is 10.1 Å². The Morgan fingerprint density at radius 3 is 2.34 bits per heavy atom. The molecule has 10 nitrogen and oxygen atoms in total. The minimum absolute atomic E-state index is 0.147. The maximum absolute atomic E-state index is 12.3. The average Bonchev–Trinajstić information content (AvgIpc) is 3.15. The minimum Gasteiger partial charge on any atom is -0.384 e. The van der Waals surface area contributed by atoms with Gasteiger partial charge in [-0.15, -0.1) is 0 Å². The number of nitrogens with one attached hydrogen (secondary N) is 1. The van der Waals surface area contributed by atoms with Gasteiger partial charge in [0.05, 0.1) is 31.3 Å². The fourth-order valence-electron chi connectivity index (χ4n) is 2.93. The van der Waals surface area contributed by atoms with Gasteiger partial charge in [-0.05, 0) is 30.2 Å². The number of carbonyl (C=O) groups excluding carboxylic acids is 1. The monoisotopic (exact) mass is 460 g/mol. The summed E-state index contributed by atoms with van der Waals surface area (Å²) in [6, 6.07) is 13.2. The number of aromatic nitrogens is 2. The highest BCUT2D eigenvalue weighted by Gasteiger charge is 2.39. The molecule has 3 aromatic rings. The van der Waals surface area contributed by atoms with Gasteiger partial charge in [-0.2, -0.15) is 8.42 Å². The van der Waals surface area contributed by atoms with Crippen molar-refractivity contribution in [3.8, 4) is 11.1 Å². The van der Waals surface area contributed by atoms with E-state index in [-0.39, 0.29) is 17.7 Å². The first-order valence-corrected chi connectivity index (χ1v) is 11.4. The lowest BCUT2D eigenvalue weighted by Gasteiger charge is -2.35. The molecule has 4 rings (SSSR count). The average molecular weight is 461 g/mol. The van der Waals surface area contributed by atoms with Gasteiger partial charge in [0, 0.05) is 17.8 Å². The minimum atomic E-state index is -3.67. The van der Waals surface area contributed by atoms with E-state index < -0.39 is 10.1 Å². The van der Waals surface area contributed by atoms with Crippen LogP contribution in [-0.2, 0) is 31.5 Å². The number of nitrogen functional groups attached to an aromatic ring is 1. The Morgan fingerprint density at radius 1 is 1.19 bits per heavy atom. The molecule has 1 saturated heterocycles. The Morgan fingerprint density at radius 2 is 1.81 bits per heavy atom. The zero-order valence-corrected chi connectivity index (χ0v) is 18.4. The number of nitrogens with two attached hydrogens (primary N) is 1. The quantitative estimate of drug-likeness (QED) is 0.486. The van der Waals surface area contributed by atoms with E-state index in [1.807, 2.05) is 37.3 Å². The van der Waals surface area contributed by atoms with Crippen LogP contribution in [0.5, 0.6) is 0 Å². The predicted molar refractivity (Wildman–Crippen MR) is 119 cm³/mol. The summed E-state index contributed by atoms with van der Waals surface area (Å²) in [6.45, 7) is 3.25. The van der Waals surface area contributed by atoms with Crippen molar-refractivity contribution in [2.75, 3.05) is 30.5 Å². The molecule has 0 radical (unpaired) electrons. The summed E-state index contributed by atoms with van der Waals surface area (Å²) in [5.41, 5.74) is 8.36. The highest BCUT2D eigenvalue weighted by molar-refractivity contribution is 7.85. The van der Waals surface area contributed by atoms with Crippen molar-refractivity contribution in [1.82, 2.24) is 10.1 Å². The molecule has 1 aliphatic rings. The van der Waals surface area contributed by atoms with E-state index >= 15 is 0 Å². The summed E-state index contributed by atoms with van der Waals surface area (Å²) in [4.78, 5) is 16.4. The van der Waals surface area contributed by atoms with E-state index in [1.54, 1.807) is 18.3 Å².